The van der Waals surface area contributed by atoms with Gasteiger partial charge in [0.25, 0.3) is 0 Å². The van der Waals surface area contributed by atoms with Crippen molar-refractivity contribution in [3.8, 4) is 11.6 Å². The number of H-pyrrole nitrogens is 1. The number of halogens is 1. The molecule has 0 unspecified atom stereocenters. The third-order valence-electron chi connectivity index (χ3n) is 3.35. The summed E-state index contributed by atoms with van der Waals surface area (Å²) in [5, 5.41) is 1.56. The Kier molecular flexibility index (Phi) is 2.81. The van der Waals surface area contributed by atoms with Gasteiger partial charge in [0.15, 0.2) is 0 Å². The smallest absolute Gasteiger partial charge is 0.347 e. The molecule has 0 amide bonds. The van der Waals surface area contributed by atoms with Crippen molar-refractivity contribution in [2.24, 2.45) is 0 Å². The zero-order valence-corrected chi connectivity index (χ0v) is 12.9. The lowest BCUT2D eigenvalue weighted by atomic mass is 10.2. The van der Waals surface area contributed by atoms with Gasteiger partial charge in [0, 0.05) is 14.5 Å². The van der Waals surface area contributed by atoms with Crippen LogP contribution in [0.15, 0.2) is 57.7 Å². The molecule has 1 N–H and O–H groups in total. The fourth-order valence-electron chi connectivity index (χ4n) is 2.35. The van der Waals surface area contributed by atoms with Crippen LogP contribution in [0.3, 0.4) is 0 Å². The number of aromatic amines is 1. The lowest BCUT2D eigenvalue weighted by Crippen LogP contribution is -2.03. The van der Waals surface area contributed by atoms with E-state index in [0.717, 1.165) is 14.5 Å². The number of fused-ring (bicyclic) bond motifs is 2. The van der Waals surface area contributed by atoms with Crippen LogP contribution in [-0.2, 0) is 0 Å². The Bertz CT molecular complexity index is 1000. The van der Waals surface area contributed by atoms with Crippen molar-refractivity contribution in [3.63, 3.8) is 0 Å². The molecule has 21 heavy (non-hydrogen) atoms. The molecule has 102 valence electrons. The van der Waals surface area contributed by atoms with E-state index in [2.05, 4.69) is 32.6 Å². The van der Waals surface area contributed by atoms with Gasteiger partial charge >= 0.3 is 5.63 Å². The van der Waals surface area contributed by atoms with Crippen molar-refractivity contribution in [3.05, 3.63) is 62.5 Å². The maximum atomic E-state index is 12.1. The molecule has 4 nitrogen and oxygen atoms in total. The second-order valence-corrected chi connectivity index (χ2v) is 5.98. The maximum Gasteiger partial charge on any atom is 0.347 e. The summed E-state index contributed by atoms with van der Waals surface area (Å²) in [6.07, 6.45) is 0. The molecular weight excluding hydrogens is 379 g/mol. The van der Waals surface area contributed by atoms with Crippen LogP contribution in [0.2, 0.25) is 0 Å². The molecule has 0 aliphatic heterocycles. The zero-order chi connectivity index (χ0) is 14.4. The van der Waals surface area contributed by atoms with E-state index in [4.69, 9.17) is 4.42 Å². The quantitative estimate of drug-likeness (QED) is 0.503. The molecule has 4 aromatic rings. The summed E-state index contributed by atoms with van der Waals surface area (Å²) < 4.78 is 6.34. The van der Waals surface area contributed by atoms with Gasteiger partial charge in [-0.25, -0.2) is 9.78 Å². The molecule has 0 aliphatic carbocycles. The summed E-state index contributed by atoms with van der Waals surface area (Å²) >= 11 is 2.16. The minimum Gasteiger partial charge on any atom is -0.401 e. The van der Waals surface area contributed by atoms with Crippen LogP contribution in [-0.4, -0.2) is 9.97 Å². The standard InChI is InChI=1S/C16H9IN2O2/c17-10-5-6-13-11(8-10)16(20)21-15(19-13)14-7-9-3-1-2-4-12(9)18-14/h1-8,18H. The van der Waals surface area contributed by atoms with E-state index >= 15 is 0 Å². The SMILES string of the molecule is O=c1oc(-c2cc3ccccc3[nH]2)nc2ccc(I)cc12. The summed E-state index contributed by atoms with van der Waals surface area (Å²) in [6, 6.07) is 15.4. The third kappa shape index (κ3) is 2.13. The monoisotopic (exact) mass is 388 g/mol. The van der Waals surface area contributed by atoms with Gasteiger partial charge in [-0.15, -0.1) is 0 Å². The van der Waals surface area contributed by atoms with Gasteiger partial charge in [0.1, 0.15) is 5.69 Å². The number of hydrogen-bond donors (Lipinski definition) is 1. The van der Waals surface area contributed by atoms with Gasteiger partial charge in [-0.05, 0) is 52.9 Å². The summed E-state index contributed by atoms with van der Waals surface area (Å²) in [5.41, 5.74) is 1.96. The van der Waals surface area contributed by atoms with E-state index in [1.165, 1.54) is 0 Å². The number of aromatic nitrogens is 2. The number of rotatable bonds is 1. The topological polar surface area (TPSA) is 58.9 Å². The van der Waals surface area contributed by atoms with E-state index in [1.54, 1.807) is 6.07 Å². The minimum absolute atomic E-state index is 0.310. The van der Waals surface area contributed by atoms with Gasteiger partial charge < -0.3 is 9.40 Å². The van der Waals surface area contributed by atoms with Crippen molar-refractivity contribution < 1.29 is 4.42 Å². The molecular formula is C16H9IN2O2. The molecule has 0 fully saturated rings. The Morgan fingerprint density at radius 3 is 2.81 bits per heavy atom. The fraction of sp³-hybridized carbons (Fsp3) is 0. The first-order valence-corrected chi connectivity index (χ1v) is 7.47. The Morgan fingerprint density at radius 2 is 1.95 bits per heavy atom. The molecule has 2 aromatic heterocycles. The van der Waals surface area contributed by atoms with Gasteiger partial charge in [-0.2, -0.15) is 0 Å². The van der Waals surface area contributed by atoms with Crippen LogP contribution in [0.5, 0.6) is 0 Å². The summed E-state index contributed by atoms with van der Waals surface area (Å²) in [7, 11) is 0. The van der Waals surface area contributed by atoms with E-state index in [-0.39, 0.29) is 5.63 Å². The summed E-state index contributed by atoms with van der Waals surface area (Å²) in [6.45, 7) is 0. The molecule has 0 radical (unpaired) electrons. The van der Waals surface area contributed by atoms with Crippen LogP contribution in [0.25, 0.3) is 33.4 Å². The normalized spacial score (nSPS) is 11.3. The molecule has 4 rings (SSSR count). The van der Waals surface area contributed by atoms with E-state index < -0.39 is 0 Å². The largest absolute Gasteiger partial charge is 0.401 e. The first-order valence-electron chi connectivity index (χ1n) is 6.39. The van der Waals surface area contributed by atoms with Gasteiger partial charge in [0.2, 0.25) is 5.89 Å². The van der Waals surface area contributed by atoms with Gasteiger partial charge in [-0.3, -0.25) is 0 Å². The van der Waals surface area contributed by atoms with E-state index in [9.17, 15) is 4.79 Å². The average Bonchev–Trinajstić information content (AvgIpc) is 2.92. The predicted molar refractivity (Wildman–Crippen MR) is 90.3 cm³/mol. The Morgan fingerprint density at radius 1 is 1.10 bits per heavy atom. The number of hydrogen-bond acceptors (Lipinski definition) is 3. The Balaban J connectivity index is 1.98. The van der Waals surface area contributed by atoms with Crippen molar-refractivity contribution >= 4 is 44.4 Å². The summed E-state index contributed by atoms with van der Waals surface area (Å²) in [4.78, 5) is 19.8. The zero-order valence-electron chi connectivity index (χ0n) is 10.8. The average molecular weight is 388 g/mol. The van der Waals surface area contributed by atoms with Crippen molar-refractivity contribution in [2.45, 2.75) is 0 Å². The maximum absolute atomic E-state index is 12.1. The van der Waals surface area contributed by atoms with E-state index in [1.807, 2.05) is 42.5 Å². The predicted octanol–water partition coefficient (Wildman–Crippen LogP) is 3.94. The molecule has 0 aliphatic rings. The Hall–Kier alpha value is -2.15. The fourth-order valence-corrected chi connectivity index (χ4v) is 2.84. The molecule has 0 atom stereocenters. The molecule has 0 saturated carbocycles. The van der Waals surface area contributed by atoms with Crippen molar-refractivity contribution in [2.75, 3.05) is 0 Å². The van der Waals surface area contributed by atoms with Gasteiger partial charge in [-0.1, -0.05) is 18.2 Å². The highest BCUT2D eigenvalue weighted by molar-refractivity contribution is 14.1. The number of nitrogens with one attached hydrogen (secondary N) is 1. The second kappa shape index (κ2) is 4.70. The molecule has 2 aromatic carbocycles. The first-order chi connectivity index (χ1) is 10.2. The van der Waals surface area contributed by atoms with Gasteiger partial charge in [0.05, 0.1) is 10.9 Å². The highest BCUT2D eigenvalue weighted by Gasteiger charge is 2.11. The van der Waals surface area contributed by atoms with Crippen LogP contribution in [0.4, 0.5) is 0 Å². The molecule has 0 bridgehead atoms. The molecule has 5 heteroatoms. The van der Waals surface area contributed by atoms with Crippen LogP contribution in [0, 0.1) is 3.57 Å². The summed E-state index contributed by atoms with van der Waals surface area (Å²) in [5.74, 6) is 0.310. The Labute approximate surface area is 133 Å². The van der Waals surface area contributed by atoms with Crippen molar-refractivity contribution in [1.29, 1.82) is 0 Å². The lowest BCUT2D eigenvalue weighted by molar-refractivity contribution is 0.516. The molecule has 0 saturated heterocycles. The number of para-hydroxylation sites is 1. The van der Waals surface area contributed by atoms with Crippen LogP contribution >= 0.6 is 22.6 Å². The van der Waals surface area contributed by atoms with E-state index in [0.29, 0.717) is 22.5 Å². The molecule has 2 heterocycles. The highest BCUT2D eigenvalue weighted by Crippen LogP contribution is 2.23. The number of nitrogens with zero attached hydrogens (tertiary/aromatic N) is 1. The second-order valence-electron chi connectivity index (χ2n) is 4.74. The minimum atomic E-state index is -0.368. The van der Waals surface area contributed by atoms with Crippen LogP contribution in [0.1, 0.15) is 0 Å². The number of benzene rings is 2. The van der Waals surface area contributed by atoms with Crippen molar-refractivity contribution in [1.82, 2.24) is 9.97 Å². The lowest BCUT2D eigenvalue weighted by Gasteiger charge is -2.00. The highest BCUT2D eigenvalue weighted by atomic mass is 127. The molecule has 0 spiro atoms. The first kappa shape index (κ1) is 12.6. The third-order valence-corrected chi connectivity index (χ3v) is 4.02. The van der Waals surface area contributed by atoms with Crippen LogP contribution < -0.4 is 5.63 Å².